The molecule has 1 aromatic rings. The molecule has 1 fully saturated rings. The maximum atomic E-state index is 4.12. The molecule has 2 rings (SSSR count). The van der Waals surface area contributed by atoms with Gasteiger partial charge in [0.1, 0.15) is 0 Å². The van der Waals surface area contributed by atoms with Crippen molar-refractivity contribution in [3.8, 4) is 0 Å². The van der Waals surface area contributed by atoms with Crippen LogP contribution in [0, 0.1) is 5.41 Å². The van der Waals surface area contributed by atoms with Crippen molar-refractivity contribution in [3.05, 3.63) is 18.7 Å². The molecular weight excluding hydrogens is 230 g/mol. The highest BCUT2D eigenvalue weighted by Gasteiger charge is 2.28. The van der Waals surface area contributed by atoms with Gasteiger partial charge in [0.05, 0.1) is 6.33 Å². The maximum Gasteiger partial charge on any atom is 0.0946 e. The van der Waals surface area contributed by atoms with Crippen LogP contribution in [0.15, 0.2) is 18.7 Å². The molecule has 96 valence electrons. The number of hydrogen-bond donors (Lipinski definition) is 1. The quantitative estimate of drug-likeness (QED) is 0.893. The summed E-state index contributed by atoms with van der Waals surface area (Å²) in [6.45, 7) is 7.93. The lowest BCUT2D eigenvalue weighted by Crippen LogP contribution is -2.48. The summed E-state index contributed by atoms with van der Waals surface area (Å²) in [6.07, 6.45) is 7.11. The summed E-state index contributed by atoms with van der Waals surface area (Å²) in [6, 6.07) is 1.19. The first-order valence-electron chi connectivity index (χ1n) is 6.35. The van der Waals surface area contributed by atoms with Gasteiger partial charge in [-0.05, 0) is 17.6 Å². The number of hydrogen-bond acceptors (Lipinski definition) is 3. The fourth-order valence-corrected chi connectivity index (χ4v) is 3.30. The Bertz CT molecular complexity index is 323. The van der Waals surface area contributed by atoms with Crippen molar-refractivity contribution in [2.45, 2.75) is 45.8 Å². The van der Waals surface area contributed by atoms with Gasteiger partial charge >= 0.3 is 0 Å². The number of nitrogens with one attached hydrogen (secondary N) is 1. The molecule has 1 aromatic heterocycles. The molecule has 1 saturated heterocycles. The van der Waals surface area contributed by atoms with Gasteiger partial charge in [0.25, 0.3) is 0 Å². The van der Waals surface area contributed by atoms with Crippen LogP contribution in [0.25, 0.3) is 0 Å². The van der Waals surface area contributed by atoms with Gasteiger partial charge in [-0.25, -0.2) is 4.98 Å². The van der Waals surface area contributed by atoms with E-state index in [9.17, 15) is 0 Å². The van der Waals surface area contributed by atoms with Gasteiger partial charge in [-0.15, -0.1) is 0 Å². The van der Waals surface area contributed by atoms with E-state index in [1.54, 1.807) is 0 Å². The molecule has 2 atom stereocenters. The highest BCUT2D eigenvalue weighted by atomic mass is 32.2. The second-order valence-electron chi connectivity index (χ2n) is 5.91. The van der Waals surface area contributed by atoms with Crippen LogP contribution in [0.4, 0.5) is 0 Å². The molecule has 1 aliphatic heterocycles. The fraction of sp³-hybridized carbons (Fsp3) is 0.769. The first-order valence-corrected chi connectivity index (χ1v) is 7.51. The Hall–Kier alpha value is -0.480. The number of rotatable bonds is 4. The van der Waals surface area contributed by atoms with Crippen molar-refractivity contribution >= 4 is 11.8 Å². The minimum absolute atomic E-state index is 0.275. The molecule has 17 heavy (non-hydrogen) atoms. The Morgan fingerprint density at radius 3 is 2.88 bits per heavy atom. The average molecular weight is 253 g/mol. The summed E-state index contributed by atoms with van der Waals surface area (Å²) >= 11 is 2.06. The summed E-state index contributed by atoms with van der Waals surface area (Å²) in [4.78, 5) is 4.12. The Morgan fingerprint density at radius 1 is 1.53 bits per heavy atom. The Balaban J connectivity index is 1.97. The smallest absolute Gasteiger partial charge is 0.0946 e. The lowest BCUT2D eigenvalue weighted by Gasteiger charge is -2.34. The minimum atomic E-state index is 0.275. The van der Waals surface area contributed by atoms with Crippen LogP contribution in [0.5, 0.6) is 0 Å². The van der Waals surface area contributed by atoms with Gasteiger partial charge < -0.3 is 9.88 Å². The standard InChI is InChI=1S/C13H23N3S/c1-13(2,3)12(8-16-6-5-14-10-16)15-11-4-7-17-9-11/h5-6,10-12,15H,4,7-9H2,1-3H3. The second-order valence-corrected chi connectivity index (χ2v) is 7.06. The van der Waals surface area contributed by atoms with Crippen molar-refractivity contribution < 1.29 is 0 Å². The molecule has 2 unspecified atom stereocenters. The zero-order valence-electron chi connectivity index (χ0n) is 11.0. The molecule has 0 spiro atoms. The van der Waals surface area contributed by atoms with Crippen LogP contribution in [0.3, 0.4) is 0 Å². The molecule has 0 radical (unpaired) electrons. The predicted molar refractivity (Wildman–Crippen MR) is 74.3 cm³/mol. The third-order valence-electron chi connectivity index (χ3n) is 3.36. The number of thioether (sulfide) groups is 1. The van der Waals surface area contributed by atoms with Gasteiger partial charge in [0.2, 0.25) is 0 Å². The minimum Gasteiger partial charge on any atom is -0.336 e. The van der Waals surface area contributed by atoms with Gasteiger partial charge in [-0.1, -0.05) is 20.8 Å². The molecule has 1 N–H and O–H groups in total. The lowest BCUT2D eigenvalue weighted by molar-refractivity contribution is 0.226. The van der Waals surface area contributed by atoms with Gasteiger partial charge in [-0.2, -0.15) is 11.8 Å². The summed E-state index contributed by atoms with van der Waals surface area (Å²) in [5, 5.41) is 3.82. The summed E-state index contributed by atoms with van der Waals surface area (Å²) < 4.78 is 2.17. The van der Waals surface area contributed by atoms with Crippen LogP contribution in [-0.4, -0.2) is 33.1 Å². The molecule has 0 saturated carbocycles. The maximum absolute atomic E-state index is 4.12. The van der Waals surface area contributed by atoms with Crippen LogP contribution in [0.2, 0.25) is 0 Å². The number of imidazole rings is 1. The molecule has 1 aliphatic rings. The molecule has 0 aliphatic carbocycles. The Labute approximate surface area is 108 Å². The highest BCUT2D eigenvalue weighted by Crippen LogP contribution is 2.24. The van der Waals surface area contributed by atoms with E-state index < -0.39 is 0 Å². The fourth-order valence-electron chi connectivity index (χ4n) is 2.13. The molecule has 0 amide bonds. The summed E-state index contributed by atoms with van der Waals surface area (Å²) in [5.74, 6) is 2.57. The predicted octanol–water partition coefficient (Wildman–Crippen LogP) is 2.39. The van der Waals surface area contributed by atoms with E-state index in [2.05, 4.69) is 47.4 Å². The third kappa shape index (κ3) is 3.75. The number of aromatic nitrogens is 2. The zero-order chi connectivity index (χ0) is 12.3. The SMILES string of the molecule is CC(C)(C)C(Cn1ccnc1)NC1CCSC1. The van der Waals surface area contributed by atoms with E-state index in [1.807, 2.05) is 18.7 Å². The van der Waals surface area contributed by atoms with Gasteiger partial charge in [0, 0.05) is 36.8 Å². The van der Waals surface area contributed by atoms with Crippen molar-refractivity contribution in [2.24, 2.45) is 5.41 Å². The first kappa shape index (κ1) is 13.0. The van der Waals surface area contributed by atoms with Crippen LogP contribution >= 0.6 is 11.8 Å². The Morgan fingerprint density at radius 2 is 2.35 bits per heavy atom. The van der Waals surface area contributed by atoms with E-state index >= 15 is 0 Å². The molecule has 0 bridgehead atoms. The highest BCUT2D eigenvalue weighted by molar-refractivity contribution is 7.99. The zero-order valence-corrected chi connectivity index (χ0v) is 11.8. The van der Waals surface area contributed by atoms with Gasteiger partial charge in [0.15, 0.2) is 0 Å². The van der Waals surface area contributed by atoms with E-state index in [0.717, 1.165) is 6.54 Å². The summed E-state index contributed by atoms with van der Waals surface area (Å²) in [7, 11) is 0. The average Bonchev–Trinajstić information content (AvgIpc) is 2.87. The van der Waals surface area contributed by atoms with Crippen LogP contribution in [-0.2, 0) is 6.54 Å². The van der Waals surface area contributed by atoms with Crippen LogP contribution < -0.4 is 5.32 Å². The van der Waals surface area contributed by atoms with E-state index in [0.29, 0.717) is 12.1 Å². The summed E-state index contributed by atoms with van der Waals surface area (Å²) in [5.41, 5.74) is 0.275. The number of nitrogens with zero attached hydrogens (tertiary/aromatic N) is 2. The van der Waals surface area contributed by atoms with Crippen LogP contribution in [0.1, 0.15) is 27.2 Å². The lowest BCUT2D eigenvalue weighted by atomic mass is 9.86. The van der Waals surface area contributed by atoms with E-state index in [4.69, 9.17) is 0 Å². The topological polar surface area (TPSA) is 29.9 Å². The monoisotopic (exact) mass is 253 g/mol. The molecule has 4 heteroatoms. The first-order chi connectivity index (χ1) is 8.05. The molecule has 0 aromatic carbocycles. The Kier molecular flexibility index (Phi) is 4.15. The van der Waals surface area contributed by atoms with Crippen molar-refractivity contribution in [1.29, 1.82) is 0 Å². The van der Waals surface area contributed by atoms with E-state index in [1.165, 1.54) is 17.9 Å². The van der Waals surface area contributed by atoms with Crippen molar-refractivity contribution in [1.82, 2.24) is 14.9 Å². The largest absolute Gasteiger partial charge is 0.336 e. The van der Waals surface area contributed by atoms with Crippen molar-refractivity contribution in [2.75, 3.05) is 11.5 Å². The third-order valence-corrected chi connectivity index (χ3v) is 4.53. The van der Waals surface area contributed by atoms with Crippen molar-refractivity contribution in [3.63, 3.8) is 0 Å². The van der Waals surface area contributed by atoms with Gasteiger partial charge in [-0.3, -0.25) is 0 Å². The second kappa shape index (κ2) is 5.44. The molecular formula is C13H23N3S. The molecule has 3 nitrogen and oxygen atoms in total. The van der Waals surface area contributed by atoms with E-state index in [-0.39, 0.29) is 5.41 Å². The normalized spacial score (nSPS) is 22.9. The molecule has 2 heterocycles.